The molecule has 4 aromatic carbocycles. The maximum atomic E-state index is 12.8. The molecule has 4 aromatic heterocycles. The average molecular weight is 1090 g/mol. The molecule has 0 aliphatic rings. The fraction of sp³-hybridized carbons (Fsp3) is 0.192. The molecule has 0 saturated heterocycles. The van der Waals surface area contributed by atoms with E-state index in [2.05, 4.69) is 40.5 Å². The molecular formula is C52H46F6N8O8S2. The monoisotopic (exact) mass is 1090 g/mol. The molecule has 0 fully saturated rings. The number of alkyl halides is 6. The number of halogens is 6. The van der Waals surface area contributed by atoms with Gasteiger partial charge in [0.2, 0.25) is 23.6 Å². The lowest BCUT2D eigenvalue weighted by molar-refractivity contribution is -0.138. The third-order valence-corrected chi connectivity index (χ3v) is 11.4. The second kappa shape index (κ2) is 27.6. The van der Waals surface area contributed by atoms with E-state index in [1.807, 2.05) is 26.0 Å². The van der Waals surface area contributed by atoms with Crippen LogP contribution in [0.25, 0.3) is 42.9 Å². The van der Waals surface area contributed by atoms with Gasteiger partial charge in [0.15, 0.2) is 21.8 Å². The quantitative estimate of drug-likeness (QED) is 0.0587. The van der Waals surface area contributed by atoms with Crippen LogP contribution in [0, 0.1) is 0 Å². The van der Waals surface area contributed by atoms with Gasteiger partial charge in [-0.2, -0.15) is 26.3 Å². The number of aliphatic carboxylic acids is 2. The summed E-state index contributed by atoms with van der Waals surface area (Å²) in [7, 11) is 0. The second-order valence-electron chi connectivity index (χ2n) is 15.5. The van der Waals surface area contributed by atoms with Crippen molar-refractivity contribution in [1.29, 1.82) is 0 Å². The number of anilines is 2. The van der Waals surface area contributed by atoms with Crippen molar-refractivity contribution in [2.24, 2.45) is 0 Å². The first-order chi connectivity index (χ1) is 36.1. The highest BCUT2D eigenvalue weighted by atomic mass is 32.1. The normalized spacial score (nSPS) is 11.2. The highest BCUT2D eigenvalue weighted by molar-refractivity contribution is 7.22. The van der Waals surface area contributed by atoms with Crippen molar-refractivity contribution >= 4 is 77.1 Å². The van der Waals surface area contributed by atoms with Crippen molar-refractivity contribution in [3.05, 3.63) is 145 Å². The van der Waals surface area contributed by atoms with Gasteiger partial charge >= 0.3 is 24.3 Å². The molecular weight excluding hydrogens is 1040 g/mol. The Hall–Kier alpha value is -8.64. The first-order valence-corrected chi connectivity index (χ1v) is 24.2. The van der Waals surface area contributed by atoms with E-state index in [0.717, 1.165) is 59.3 Å². The van der Waals surface area contributed by atoms with Gasteiger partial charge in [0, 0.05) is 49.3 Å². The average Bonchev–Trinajstić information content (AvgIpc) is 3.98. The predicted octanol–water partition coefficient (Wildman–Crippen LogP) is 13.9. The number of hydrogen-bond donors (Lipinski definition) is 4. The molecule has 0 atom stereocenters. The highest BCUT2D eigenvalue weighted by Crippen LogP contribution is 2.37. The molecule has 2 amide bonds. The van der Waals surface area contributed by atoms with Crippen molar-refractivity contribution in [2.45, 2.75) is 65.7 Å². The number of ether oxygens (including phenoxy) is 2. The summed E-state index contributed by atoms with van der Waals surface area (Å²) in [6, 6.07) is 23.1. The van der Waals surface area contributed by atoms with E-state index < -0.39 is 35.4 Å². The number of carboxylic acids is 2. The molecule has 396 valence electrons. The highest BCUT2D eigenvalue weighted by Gasteiger charge is 2.31. The summed E-state index contributed by atoms with van der Waals surface area (Å²) in [5.74, 6) is -0.906. The van der Waals surface area contributed by atoms with E-state index in [9.17, 15) is 45.5 Å². The van der Waals surface area contributed by atoms with E-state index in [1.54, 1.807) is 36.4 Å². The van der Waals surface area contributed by atoms with Gasteiger partial charge < -0.3 is 30.3 Å². The first kappa shape index (κ1) is 58.3. The lowest BCUT2D eigenvalue weighted by Gasteiger charge is -2.09. The Morgan fingerprint density at radius 2 is 0.934 bits per heavy atom. The topological polar surface area (TPSA) is 229 Å². The number of allylic oxidation sites excluding steroid dienone is 2. The van der Waals surface area contributed by atoms with Crippen molar-refractivity contribution in [2.75, 3.05) is 10.6 Å². The third kappa shape index (κ3) is 18.4. The summed E-state index contributed by atoms with van der Waals surface area (Å²) in [6.07, 6.45) is 3.10. The number of benzene rings is 4. The summed E-state index contributed by atoms with van der Waals surface area (Å²) in [4.78, 5) is 67.2. The molecule has 0 spiro atoms. The molecule has 0 aliphatic heterocycles. The zero-order valence-electron chi connectivity index (χ0n) is 40.6. The van der Waals surface area contributed by atoms with Gasteiger partial charge in [0.1, 0.15) is 23.7 Å². The van der Waals surface area contributed by atoms with E-state index in [4.69, 9.17) is 19.7 Å². The number of aromatic nitrogens is 6. The number of carbonyl (C=O) groups excluding carboxylic acids is 2. The van der Waals surface area contributed by atoms with Gasteiger partial charge in [-0.1, -0.05) is 97.9 Å². The predicted molar refractivity (Wildman–Crippen MR) is 276 cm³/mol. The van der Waals surface area contributed by atoms with Gasteiger partial charge in [-0.15, -0.1) is 0 Å². The van der Waals surface area contributed by atoms with Gasteiger partial charge in [0.25, 0.3) is 0 Å². The number of hydrogen-bond acceptors (Lipinski definition) is 14. The number of rotatable bonds is 14. The number of carboxylic acid groups (broad SMARTS) is 2. The van der Waals surface area contributed by atoms with Gasteiger partial charge in [-0.3, -0.25) is 9.59 Å². The van der Waals surface area contributed by atoms with E-state index in [-0.39, 0.29) is 23.6 Å². The fourth-order valence-electron chi connectivity index (χ4n) is 6.11. The summed E-state index contributed by atoms with van der Waals surface area (Å²) < 4.78 is 89.9. The minimum Gasteiger partial charge on any atom is -0.478 e. The Balaban J connectivity index is 0.000000219. The Bertz CT molecular complexity index is 3090. The number of para-hydroxylation sites is 2. The lowest BCUT2D eigenvalue weighted by Crippen LogP contribution is -2.04. The standard InChI is InChI=1S/2C20H13F3N4O2S.2C6H10O2/c2*1-11(28)26-19-27-18-15(3-2-4-16(18)30-19)29-17-9-14(24-10-25-17)12-5-7-13(8-6-12)20(21,22)23;2*1-2-3-4-5-6(7)8/h2*2-10H,1H3,(H,26,27,28);2*4-5H,2-3H2,1H3,(H,7,8)/b;;2*5-4+. The molecule has 0 radical (unpaired) electrons. The Morgan fingerprint density at radius 1 is 0.566 bits per heavy atom. The maximum Gasteiger partial charge on any atom is 0.416 e. The Labute approximate surface area is 437 Å². The van der Waals surface area contributed by atoms with E-state index in [0.29, 0.717) is 55.3 Å². The number of carbonyl (C=O) groups is 4. The number of nitrogens with zero attached hydrogens (tertiary/aromatic N) is 6. The molecule has 0 aliphatic carbocycles. The van der Waals surface area contributed by atoms with Crippen LogP contribution in [0.15, 0.2) is 134 Å². The number of thiazole rings is 2. The van der Waals surface area contributed by atoms with Crippen LogP contribution >= 0.6 is 22.7 Å². The van der Waals surface area contributed by atoms with Crippen LogP contribution < -0.4 is 20.1 Å². The molecule has 4 N–H and O–H groups in total. The Kier molecular flexibility index (Phi) is 21.1. The minimum absolute atomic E-state index is 0.210. The van der Waals surface area contributed by atoms with Crippen LogP contribution in [0.4, 0.5) is 36.6 Å². The fourth-order valence-corrected chi connectivity index (χ4v) is 7.97. The Morgan fingerprint density at radius 3 is 1.25 bits per heavy atom. The van der Waals surface area contributed by atoms with Crippen molar-refractivity contribution in [3.63, 3.8) is 0 Å². The number of nitrogens with one attached hydrogen (secondary N) is 2. The van der Waals surface area contributed by atoms with Crippen LogP contribution in [-0.4, -0.2) is 63.9 Å². The van der Waals surface area contributed by atoms with Gasteiger partial charge in [-0.05, 0) is 61.4 Å². The van der Waals surface area contributed by atoms with Crippen LogP contribution in [0.1, 0.15) is 64.5 Å². The molecule has 16 nitrogen and oxygen atoms in total. The number of fused-ring (bicyclic) bond motifs is 2. The minimum atomic E-state index is -4.40. The van der Waals surface area contributed by atoms with E-state index >= 15 is 0 Å². The molecule has 0 saturated carbocycles. The molecule has 8 rings (SSSR count). The summed E-state index contributed by atoms with van der Waals surface area (Å²) in [6.45, 7) is 6.80. The van der Waals surface area contributed by atoms with E-state index in [1.165, 1.54) is 97.7 Å². The van der Waals surface area contributed by atoms with Gasteiger partial charge in [-0.25, -0.2) is 39.5 Å². The smallest absolute Gasteiger partial charge is 0.416 e. The van der Waals surface area contributed by atoms with Crippen molar-refractivity contribution in [3.8, 4) is 45.8 Å². The zero-order chi connectivity index (χ0) is 55.4. The molecule has 76 heavy (non-hydrogen) atoms. The first-order valence-electron chi connectivity index (χ1n) is 22.6. The summed E-state index contributed by atoms with van der Waals surface area (Å²) in [5.41, 5.74) is 1.46. The van der Waals surface area contributed by atoms with Crippen LogP contribution in [-0.2, 0) is 31.5 Å². The van der Waals surface area contributed by atoms with Crippen molar-refractivity contribution in [1.82, 2.24) is 29.9 Å². The third-order valence-electron chi connectivity index (χ3n) is 9.49. The van der Waals surface area contributed by atoms with Crippen molar-refractivity contribution < 1.29 is 65.2 Å². The number of unbranched alkanes of at least 4 members (excludes halogenated alkanes) is 2. The molecule has 8 aromatic rings. The second-order valence-corrected chi connectivity index (χ2v) is 17.6. The summed E-state index contributed by atoms with van der Waals surface area (Å²) in [5, 5.41) is 22.3. The molecule has 0 unspecified atom stereocenters. The van der Waals surface area contributed by atoms with Crippen LogP contribution in [0.3, 0.4) is 0 Å². The largest absolute Gasteiger partial charge is 0.478 e. The lowest BCUT2D eigenvalue weighted by atomic mass is 10.1. The summed E-state index contributed by atoms with van der Waals surface area (Å²) >= 11 is 2.61. The molecule has 0 bridgehead atoms. The van der Waals surface area contributed by atoms with Crippen LogP contribution in [0.5, 0.6) is 23.3 Å². The van der Waals surface area contributed by atoms with Gasteiger partial charge in [0.05, 0.1) is 31.9 Å². The molecule has 4 heterocycles. The zero-order valence-corrected chi connectivity index (χ0v) is 42.3. The van der Waals surface area contributed by atoms with Crippen LogP contribution in [0.2, 0.25) is 0 Å². The SMILES string of the molecule is CC(=O)Nc1nc2c(Oc3cc(-c4ccc(C(F)(F)F)cc4)ncn3)cccc2s1.CC(=O)Nc1nc2c(Oc3cc(-c4ccc(C(F)(F)F)cc4)ncn3)cccc2s1.CCC/C=C/C(=O)O.CCC/C=C/C(=O)O. The maximum absolute atomic E-state index is 12.8. The molecule has 24 heteroatoms. The number of amides is 2.